The molecule has 0 saturated heterocycles. The Hall–Kier alpha value is -1.53. The van der Waals surface area contributed by atoms with Gasteiger partial charge in [-0.25, -0.2) is 4.79 Å². The van der Waals surface area contributed by atoms with Gasteiger partial charge < -0.3 is 15.5 Å². The van der Waals surface area contributed by atoms with E-state index in [4.69, 9.17) is 10.2 Å². The Morgan fingerprint density at radius 3 is 2.79 bits per heavy atom. The summed E-state index contributed by atoms with van der Waals surface area (Å²) in [7, 11) is 0. The molecule has 0 aliphatic heterocycles. The third-order valence-electron chi connectivity index (χ3n) is 2.49. The topological polar surface area (TPSA) is 86.6 Å². The first-order valence-corrected chi connectivity index (χ1v) is 7.21. The molecule has 1 atom stereocenters. The minimum atomic E-state index is -1.44. The molecule has 0 heterocycles. The number of aliphatic carboxylic acids is 1. The molecule has 0 radical (unpaired) electrons. The van der Waals surface area contributed by atoms with Gasteiger partial charge in [0.05, 0.1) is 0 Å². The average molecular weight is 283 g/mol. The van der Waals surface area contributed by atoms with Crippen molar-refractivity contribution >= 4 is 23.6 Å². The summed E-state index contributed by atoms with van der Waals surface area (Å²) in [5.41, 5.74) is 1.60. The third-order valence-corrected chi connectivity index (χ3v) is 3.11. The molecule has 0 aliphatic rings. The summed E-state index contributed by atoms with van der Waals surface area (Å²) < 4.78 is 0. The number of hydrogen-bond donors (Lipinski definition) is 3. The fourth-order valence-electron chi connectivity index (χ4n) is 1.52. The Bertz CT molecular complexity index is 450. The molecule has 3 N–H and O–H groups in total. The maximum atomic E-state index is 11.8. The zero-order valence-electron chi connectivity index (χ0n) is 10.6. The van der Waals surface area contributed by atoms with Gasteiger partial charge >= 0.3 is 5.97 Å². The average Bonchev–Trinajstić information content (AvgIpc) is 2.39. The van der Waals surface area contributed by atoms with Crippen LogP contribution in [0.1, 0.15) is 22.3 Å². The van der Waals surface area contributed by atoms with Gasteiger partial charge in [-0.3, -0.25) is 4.79 Å². The molecule has 1 amide bonds. The molecule has 0 unspecified atom stereocenters. The van der Waals surface area contributed by atoms with Crippen molar-refractivity contribution < 1.29 is 19.8 Å². The standard InChI is InChI=1S/C13H17NO4S/c1-19-8-9-3-2-4-10(7-9)12(16)14-6-5-11(15)13(17)18/h2-4,7,11,15H,5-6,8H2,1H3,(H,14,16)(H,17,18)/t11-/m0/s1. The van der Waals surface area contributed by atoms with Crippen LogP contribution in [0.2, 0.25) is 0 Å². The molecule has 5 nitrogen and oxygen atoms in total. The lowest BCUT2D eigenvalue weighted by atomic mass is 10.1. The molecule has 1 rings (SSSR count). The summed E-state index contributed by atoms with van der Waals surface area (Å²) in [5, 5.41) is 20.2. The van der Waals surface area contributed by atoms with Crippen molar-refractivity contribution in [3.8, 4) is 0 Å². The molecule has 104 valence electrons. The van der Waals surface area contributed by atoms with Gasteiger partial charge in [-0.2, -0.15) is 11.8 Å². The highest BCUT2D eigenvalue weighted by molar-refractivity contribution is 7.97. The van der Waals surface area contributed by atoms with E-state index in [1.165, 1.54) is 0 Å². The van der Waals surface area contributed by atoms with Crippen molar-refractivity contribution in [2.24, 2.45) is 0 Å². The highest BCUT2D eigenvalue weighted by atomic mass is 32.2. The number of thioether (sulfide) groups is 1. The van der Waals surface area contributed by atoms with Crippen LogP contribution < -0.4 is 5.32 Å². The molecule has 6 heteroatoms. The fraction of sp³-hybridized carbons (Fsp3) is 0.385. The van der Waals surface area contributed by atoms with Crippen LogP contribution in [-0.4, -0.2) is 41.0 Å². The molecule has 0 aromatic heterocycles. The van der Waals surface area contributed by atoms with E-state index in [1.807, 2.05) is 18.4 Å². The summed E-state index contributed by atoms with van der Waals surface area (Å²) in [6.07, 6.45) is 0.536. The molecule has 19 heavy (non-hydrogen) atoms. The van der Waals surface area contributed by atoms with Crippen LogP contribution in [-0.2, 0) is 10.5 Å². The first kappa shape index (κ1) is 15.5. The predicted octanol–water partition coefficient (Wildman–Crippen LogP) is 1.12. The quantitative estimate of drug-likeness (QED) is 0.698. The molecule has 0 aliphatic carbocycles. The summed E-state index contributed by atoms with van der Waals surface area (Å²) in [5.74, 6) is -0.712. The second-order valence-corrected chi connectivity index (χ2v) is 4.90. The van der Waals surface area contributed by atoms with E-state index >= 15 is 0 Å². The zero-order valence-corrected chi connectivity index (χ0v) is 11.4. The van der Waals surface area contributed by atoms with Crippen LogP contribution >= 0.6 is 11.8 Å². The van der Waals surface area contributed by atoms with Crippen molar-refractivity contribution in [3.63, 3.8) is 0 Å². The largest absolute Gasteiger partial charge is 0.479 e. The number of aliphatic hydroxyl groups excluding tert-OH is 1. The van der Waals surface area contributed by atoms with E-state index in [-0.39, 0.29) is 18.9 Å². The Morgan fingerprint density at radius 1 is 1.42 bits per heavy atom. The predicted molar refractivity (Wildman–Crippen MR) is 74.3 cm³/mol. The number of carboxylic acids is 1. The number of hydrogen-bond acceptors (Lipinski definition) is 4. The molecular weight excluding hydrogens is 266 g/mol. The van der Waals surface area contributed by atoms with E-state index in [1.54, 1.807) is 23.9 Å². The van der Waals surface area contributed by atoms with Gasteiger partial charge in [0.25, 0.3) is 5.91 Å². The van der Waals surface area contributed by atoms with Crippen molar-refractivity contribution in [2.45, 2.75) is 18.3 Å². The number of amides is 1. The number of aliphatic hydroxyl groups is 1. The number of carboxylic acid groups (broad SMARTS) is 1. The Kier molecular flexibility index (Phi) is 6.38. The van der Waals surface area contributed by atoms with Crippen LogP contribution in [0.15, 0.2) is 24.3 Å². The van der Waals surface area contributed by atoms with Gasteiger partial charge in [-0.05, 0) is 24.0 Å². The van der Waals surface area contributed by atoms with E-state index in [9.17, 15) is 9.59 Å². The van der Waals surface area contributed by atoms with Crippen molar-refractivity contribution in [1.82, 2.24) is 5.32 Å². The molecular formula is C13H17NO4S. The summed E-state index contributed by atoms with van der Waals surface area (Å²) in [6, 6.07) is 7.26. The molecule has 0 fully saturated rings. The lowest BCUT2D eigenvalue weighted by Gasteiger charge is -2.08. The highest BCUT2D eigenvalue weighted by Gasteiger charge is 2.13. The molecule has 0 spiro atoms. The number of nitrogens with one attached hydrogen (secondary N) is 1. The van der Waals surface area contributed by atoms with E-state index in [2.05, 4.69) is 5.32 Å². The van der Waals surface area contributed by atoms with Crippen LogP contribution in [0.4, 0.5) is 0 Å². The van der Waals surface area contributed by atoms with Crippen LogP contribution in [0.3, 0.4) is 0 Å². The van der Waals surface area contributed by atoms with Gasteiger partial charge in [0.15, 0.2) is 6.10 Å². The zero-order chi connectivity index (χ0) is 14.3. The highest BCUT2D eigenvalue weighted by Crippen LogP contribution is 2.11. The first-order chi connectivity index (χ1) is 9.04. The monoisotopic (exact) mass is 283 g/mol. The SMILES string of the molecule is CSCc1cccc(C(=O)NCC[C@H](O)C(=O)O)c1. The number of carbonyl (C=O) groups excluding carboxylic acids is 1. The number of carbonyl (C=O) groups is 2. The van der Waals surface area contributed by atoms with E-state index < -0.39 is 12.1 Å². The number of benzene rings is 1. The normalized spacial score (nSPS) is 11.9. The lowest BCUT2D eigenvalue weighted by molar-refractivity contribution is -0.146. The van der Waals surface area contributed by atoms with Gasteiger partial charge in [-0.15, -0.1) is 0 Å². The van der Waals surface area contributed by atoms with Gasteiger partial charge in [0, 0.05) is 24.3 Å². The third kappa shape index (κ3) is 5.32. The first-order valence-electron chi connectivity index (χ1n) is 5.81. The fourth-order valence-corrected chi connectivity index (χ4v) is 2.03. The Morgan fingerprint density at radius 2 is 2.16 bits per heavy atom. The summed E-state index contributed by atoms with van der Waals surface area (Å²) in [6.45, 7) is 0.124. The number of rotatable bonds is 7. The van der Waals surface area contributed by atoms with Crippen LogP contribution in [0, 0.1) is 0 Å². The maximum absolute atomic E-state index is 11.8. The van der Waals surface area contributed by atoms with Crippen molar-refractivity contribution in [2.75, 3.05) is 12.8 Å². The van der Waals surface area contributed by atoms with E-state index in [0.717, 1.165) is 11.3 Å². The lowest BCUT2D eigenvalue weighted by Crippen LogP contribution is -2.30. The maximum Gasteiger partial charge on any atom is 0.332 e. The van der Waals surface area contributed by atoms with Gasteiger partial charge in [0.1, 0.15) is 0 Å². The summed E-state index contributed by atoms with van der Waals surface area (Å²) in [4.78, 5) is 22.2. The second kappa shape index (κ2) is 7.81. The van der Waals surface area contributed by atoms with Crippen molar-refractivity contribution in [3.05, 3.63) is 35.4 Å². The van der Waals surface area contributed by atoms with Gasteiger partial charge in [-0.1, -0.05) is 12.1 Å². The minimum absolute atomic E-state index is 0.00836. The molecule has 1 aromatic rings. The summed E-state index contributed by atoms with van der Waals surface area (Å²) >= 11 is 1.67. The minimum Gasteiger partial charge on any atom is -0.479 e. The molecule has 1 aromatic carbocycles. The Labute approximate surface area is 116 Å². The molecule has 0 saturated carbocycles. The van der Waals surface area contributed by atoms with Crippen LogP contribution in [0.5, 0.6) is 0 Å². The second-order valence-electron chi connectivity index (χ2n) is 4.03. The van der Waals surface area contributed by atoms with Crippen LogP contribution in [0.25, 0.3) is 0 Å². The molecule has 0 bridgehead atoms. The Balaban J connectivity index is 2.49. The van der Waals surface area contributed by atoms with Crippen molar-refractivity contribution in [1.29, 1.82) is 0 Å². The smallest absolute Gasteiger partial charge is 0.332 e. The van der Waals surface area contributed by atoms with E-state index in [0.29, 0.717) is 5.56 Å². The van der Waals surface area contributed by atoms with Gasteiger partial charge in [0.2, 0.25) is 0 Å².